The number of anilines is 1. The van der Waals surface area contributed by atoms with Gasteiger partial charge in [-0.2, -0.15) is 0 Å². The van der Waals surface area contributed by atoms with Crippen molar-refractivity contribution in [3.05, 3.63) is 82.8 Å². The second-order valence-corrected chi connectivity index (χ2v) is 6.14. The van der Waals surface area contributed by atoms with E-state index in [1.807, 2.05) is 61.5 Å². The highest BCUT2D eigenvalue weighted by Gasteiger charge is 2.36. The van der Waals surface area contributed by atoms with Gasteiger partial charge in [-0.05, 0) is 48.0 Å². The number of hydrogen-bond donors (Lipinski definition) is 0. The highest BCUT2D eigenvalue weighted by molar-refractivity contribution is 8.18. The molecule has 0 radical (unpaired) electrons. The molecule has 0 aromatic heterocycles. The van der Waals surface area contributed by atoms with Crippen LogP contribution in [0.3, 0.4) is 0 Å². The smallest absolute Gasteiger partial charge is 0.268 e. The molecule has 114 valence electrons. The molecule has 3 rings (SSSR count). The van der Waals surface area contributed by atoms with Crippen molar-refractivity contribution in [1.82, 2.24) is 0 Å². The minimum atomic E-state index is -0.271. The summed E-state index contributed by atoms with van der Waals surface area (Å²) in [5, 5.41) is -0.264. The van der Waals surface area contributed by atoms with E-state index in [9.17, 15) is 9.59 Å². The van der Waals surface area contributed by atoms with Crippen LogP contribution in [0.5, 0.6) is 0 Å². The first kappa shape index (κ1) is 15.3. The number of thioether (sulfide) groups is 1. The predicted octanol–water partition coefficient (Wildman–Crippen LogP) is 4.87. The number of carbonyl (C=O) groups excluding carboxylic acids is 2. The van der Waals surface area contributed by atoms with E-state index in [1.165, 1.54) is 4.90 Å². The number of rotatable bonds is 3. The van der Waals surface area contributed by atoms with Gasteiger partial charge in [0, 0.05) is 0 Å². The Morgan fingerprint density at radius 1 is 0.957 bits per heavy atom. The van der Waals surface area contributed by atoms with Crippen LogP contribution in [0.2, 0.25) is 0 Å². The zero-order valence-corrected chi connectivity index (χ0v) is 13.4. The molecule has 1 aliphatic heterocycles. The molecule has 23 heavy (non-hydrogen) atoms. The number of para-hydroxylation sites is 1. The van der Waals surface area contributed by atoms with Crippen LogP contribution in [-0.4, -0.2) is 11.1 Å². The molecule has 2 aromatic rings. The van der Waals surface area contributed by atoms with Gasteiger partial charge >= 0.3 is 0 Å². The van der Waals surface area contributed by atoms with Crippen LogP contribution in [0.1, 0.15) is 12.5 Å². The van der Waals surface area contributed by atoms with E-state index in [-0.39, 0.29) is 11.1 Å². The highest BCUT2D eigenvalue weighted by atomic mass is 32.2. The molecule has 3 nitrogen and oxygen atoms in total. The molecule has 0 spiro atoms. The Labute approximate surface area is 139 Å². The second-order valence-electron chi connectivity index (χ2n) is 5.15. The minimum absolute atomic E-state index is 0.264. The van der Waals surface area contributed by atoms with Gasteiger partial charge in [0.2, 0.25) is 0 Å². The molecule has 1 saturated heterocycles. The first-order valence-corrected chi connectivity index (χ1v) is 8.03. The summed E-state index contributed by atoms with van der Waals surface area (Å²) < 4.78 is 0. The van der Waals surface area contributed by atoms with Gasteiger partial charge < -0.3 is 0 Å². The third kappa shape index (κ3) is 3.43. The van der Waals surface area contributed by atoms with Crippen molar-refractivity contribution < 1.29 is 9.59 Å². The number of amides is 2. The summed E-state index contributed by atoms with van der Waals surface area (Å²) in [5.74, 6) is -0.271. The first-order chi connectivity index (χ1) is 11.1. The van der Waals surface area contributed by atoms with E-state index in [2.05, 4.69) is 0 Å². The summed E-state index contributed by atoms with van der Waals surface area (Å²) >= 11 is 0.973. The van der Waals surface area contributed by atoms with Gasteiger partial charge in [0.1, 0.15) is 0 Å². The SMILES string of the molecule is CC(=Cc1ccccc1)/C=C1\SC(=O)N(c2ccccc2)C1=O. The molecular formula is C19H15NO2S. The quantitative estimate of drug-likeness (QED) is 0.757. The Morgan fingerprint density at radius 2 is 1.57 bits per heavy atom. The Hall–Kier alpha value is -2.59. The van der Waals surface area contributed by atoms with E-state index in [1.54, 1.807) is 18.2 Å². The lowest BCUT2D eigenvalue weighted by molar-refractivity contribution is -0.113. The maximum Gasteiger partial charge on any atom is 0.298 e. The highest BCUT2D eigenvalue weighted by Crippen LogP contribution is 2.35. The van der Waals surface area contributed by atoms with Crippen LogP contribution in [0.15, 0.2) is 77.2 Å². The number of carbonyl (C=O) groups is 2. The van der Waals surface area contributed by atoms with Gasteiger partial charge in [0.05, 0.1) is 10.6 Å². The van der Waals surface area contributed by atoms with Crippen molar-refractivity contribution in [2.45, 2.75) is 6.92 Å². The average Bonchev–Trinajstić information content (AvgIpc) is 2.83. The largest absolute Gasteiger partial charge is 0.298 e. The van der Waals surface area contributed by atoms with Gasteiger partial charge in [-0.15, -0.1) is 0 Å². The van der Waals surface area contributed by atoms with Gasteiger partial charge in [-0.1, -0.05) is 54.6 Å². The van der Waals surface area contributed by atoms with Crippen molar-refractivity contribution in [2.24, 2.45) is 0 Å². The number of nitrogens with zero attached hydrogens (tertiary/aromatic N) is 1. The fourth-order valence-electron chi connectivity index (χ4n) is 2.33. The molecule has 0 saturated carbocycles. The molecule has 0 bridgehead atoms. The molecule has 0 aliphatic carbocycles. The zero-order valence-electron chi connectivity index (χ0n) is 12.6. The Kier molecular flexibility index (Phi) is 4.44. The third-order valence-electron chi connectivity index (χ3n) is 3.36. The summed E-state index contributed by atoms with van der Waals surface area (Å²) in [4.78, 5) is 26.3. The lowest BCUT2D eigenvalue weighted by Gasteiger charge is -2.11. The van der Waals surface area contributed by atoms with Crippen molar-refractivity contribution in [2.75, 3.05) is 4.90 Å². The number of benzene rings is 2. The second kappa shape index (κ2) is 6.67. The van der Waals surface area contributed by atoms with E-state index in [0.29, 0.717) is 10.6 Å². The fraction of sp³-hybridized carbons (Fsp3) is 0.0526. The Morgan fingerprint density at radius 3 is 2.22 bits per heavy atom. The van der Waals surface area contributed by atoms with E-state index in [0.717, 1.165) is 22.9 Å². The zero-order chi connectivity index (χ0) is 16.2. The summed E-state index contributed by atoms with van der Waals surface area (Å²) in [6, 6.07) is 18.8. The number of imide groups is 1. The number of hydrogen-bond acceptors (Lipinski definition) is 3. The third-order valence-corrected chi connectivity index (χ3v) is 4.23. The monoisotopic (exact) mass is 321 g/mol. The summed E-state index contributed by atoms with van der Waals surface area (Å²) in [5.41, 5.74) is 2.58. The normalized spacial score (nSPS) is 17.2. The predicted molar refractivity (Wildman–Crippen MR) is 95.1 cm³/mol. The lowest BCUT2D eigenvalue weighted by Crippen LogP contribution is -2.27. The summed E-state index contributed by atoms with van der Waals surface area (Å²) in [7, 11) is 0. The average molecular weight is 321 g/mol. The van der Waals surface area contributed by atoms with Crippen LogP contribution in [0, 0.1) is 0 Å². The minimum Gasteiger partial charge on any atom is -0.268 e. The van der Waals surface area contributed by atoms with E-state index < -0.39 is 0 Å². The van der Waals surface area contributed by atoms with Crippen molar-refractivity contribution in [1.29, 1.82) is 0 Å². The van der Waals surface area contributed by atoms with Gasteiger partial charge in [-0.25, -0.2) is 4.90 Å². The fourth-order valence-corrected chi connectivity index (χ4v) is 3.22. The molecule has 1 heterocycles. The van der Waals surface area contributed by atoms with Crippen LogP contribution in [0.25, 0.3) is 6.08 Å². The molecule has 1 fully saturated rings. The van der Waals surface area contributed by atoms with Crippen LogP contribution < -0.4 is 4.90 Å². The van der Waals surface area contributed by atoms with Crippen LogP contribution >= 0.6 is 11.8 Å². The molecule has 2 aromatic carbocycles. The molecular weight excluding hydrogens is 306 g/mol. The molecule has 0 atom stereocenters. The van der Waals surface area contributed by atoms with Crippen molar-refractivity contribution >= 4 is 34.7 Å². The van der Waals surface area contributed by atoms with Gasteiger partial charge in [0.25, 0.3) is 11.1 Å². The van der Waals surface area contributed by atoms with Crippen LogP contribution in [0.4, 0.5) is 10.5 Å². The Balaban J connectivity index is 1.86. The number of allylic oxidation sites excluding steroid dienone is 2. The summed E-state index contributed by atoms with van der Waals surface area (Å²) in [6.07, 6.45) is 3.75. The Bertz CT molecular complexity index is 795. The maximum atomic E-state index is 12.5. The molecule has 1 aliphatic rings. The molecule has 2 amide bonds. The van der Waals surface area contributed by atoms with Gasteiger partial charge in [0.15, 0.2) is 0 Å². The molecule has 4 heteroatoms. The van der Waals surface area contributed by atoms with Crippen molar-refractivity contribution in [3.8, 4) is 0 Å². The van der Waals surface area contributed by atoms with E-state index >= 15 is 0 Å². The van der Waals surface area contributed by atoms with Crippen molar-refractivity contribution in [3.63, 3.8) is 0 Å². The topological polar surface area (TPSA) is 37.4 Å². The maximum absolute atomic E-state index is 12.5. The van der Waals surface area contributed by atoms with Crippen LogP contribution in [-0.2, 0) is 4.79 Å². The molecule has 0 N–H and O–H groups in total. The lowest BCUT2D eigenvalue weighted by atomic mass is 10.1. The first-order valence-electron chi connectivity index (χ1n) is 7.21. The summed E-state index contributed by atoms with van der Waals surface area (Å²) in [6.45, 7) is 1.92. The van der Waals surface area contributed by atoms with E-state index in [4.69, 9.17) is 0 Å². The van der Waals surface area contributed by atoms with Gasteiger partial charge in [-0.3, -0.25) is 9.59 Å². The standard InChI is InChI=1S/C19H15NO2S/c1-14(12-15-8-4-2-5-9-15)13-17-18(21)20(19(22)23-17)16-10-6-3-7-11-16/h2-13H,1H3/b14-12?,17-13-. The molecule has 0 unspecified atom stereocenters.